The molecule has 0 spiro atoms. The lowest BCUT2D eigenvalue weighted by atomic mass is 10.1. The molecule has 20 heavy (non-hydrogen) atoms. The number of primary amides is 1. The van der Waals surface area contributed by atoms with Gasteiger partial charge in [0.05, 0.1) is 17.9 Å². The molecule has 0 aliphatic rings. The maximum absolute atomic E-state index is 11.3. The molecule has 106 valence electrons. The molecule has 0 aliphatic carbocycles. The number of amides is 1. The molecule has 5 nitrogen and oxygen atoms in total. The topological polar surface area (TPSA) is 94.1 Å². The van der Waals surface area contributed by atoms with Crippen LogP contribution in [0.3, 0.4) is 0 Å². The van der Waals surface area contributed by atoms with Gasteiger partial charge in [-0.15, -0.1) is 0 Å². The molecule has 1 aromatic heterocycles. The molecule has 0 atom stereocenters. The number of carbonyl (C=O) groups is 1. The predicted molar refractivity (Wildman–Crippen MR) is 79.7 cm³/mol. The lowest BCUT2D eigenvalue weighted by molar-refractivity contribution is 0.100. The van der Waals surface area contributed by atoms with E-state index in [4.69, 9.17) is 16.2 Å². The van der Waals surface area contributed by atoms with Crippen molar-refractivity contribution in [1.82, 2.24) is 4.98 Å². The molecule has 1 aromatic carbocycles. The molecular weight excluding hydrogens is 254 g/mol. The fourth-order valence-corrected chi connectivity index (χ4v) is 2.01. The second-order valence-electron chi connectivity index (χ2n) is 4.72. The van der Waals surface area contributed by atoms with Gasteiger partial charge in [0.1, 0.15) is 11.6 Å². The zero-order chi connectivity index (χ0) is 14.7. The van der Waals surface area contributed by atoms with E-state index in [0.717, 1.165) is 29.0 Å². The van der Waals surface area contributed by atoms with E-state index in [-0.39, 0.29) is 5.82 Å². The monoisotopic (exact) mass is 273 g/mol. The van der Waals surface area contributed by atoms with E-state index in [0.29, 0.717) is 12.2 Å². The van der Waals surface area contributed by atoms with Crippen molar-refractivity contribution in [2.24, 2.45) is 5.73 Å². The standard InChI is InChI=1S/C15H19N3O2/c1-3-6-20-13-5-4-9(2)7-10(13)12-8-11(15(17)19)14(16)18-12/h4-5,7-8,18H,3,6,16H2,1-2H3,(H2,17,19). The normalized spacial score (nSPS) is 10.5. The fourth-order valence-electron chi connectivity index (χ4n) is 2.01. The van der Waals surface area contributed by atoms with Crippen LogP contribution in [0.2, 0.25) is 0 Å². The number of ether oxygens (including phenoxy) is 1. The maximum Gasteiger partial charge on any atom is 0.252 e. The van der Waals surface area contributed by atoms with Crippen LogP contribution in [0.15, 0.2) is 24.3 Å². The van der Waals surface area contributed by atoms with Crippen LogP contribution in [0, 0.1) is 6.92 Å². The number of aromatic amines is 1. The number of aryl methyl sites for hydroxylation is 1. The van der Waals surface area contributed by atoms with Crippen LogP contribution in [0.5, 0.6) is 5.75 Å². The molecular formula is C15H19N3O2. The summed E-state index contributed by atoms with van der Waals surface area (Å²) in [5, 5.41) is 0. The van der Waals surface area contributed by atoms with Crippen molar-refractivity contribution in [1.29, 1.82) is 0 Å². The lowest BCUT2D eigenvalue weighted by Gasteiger charge is -2.10. The van der Waals surface area contributed by atoms with Crippen molar-refractivity contribution < 1.29 is 9.53 Å². The Balaban J connectivity index is 2.47. The number of anilines is 1. The molecule has 2 rings (SSSR count). The summed E-state index contributed by atoms with van der Waals surface area (Å²) >= 11 is 0. The molecule has 0 unspecified atom stereocenters. The number of hydrogen-bond acceptors (Lipinski definition) is 3. The number of nitrogen functional groups attached to an aromatic ring is 1. The number of nitrogens with two attached hydrogens (primary N) is 2. The lowest BCUT2D eigenvalue weighted by Crippen LogP contribution is -2.11. The Hall–Kier alpha value is -2.43. The molecule has 2 aromatic rings. The van der Waals surface area contributed by atoms with Gasteiger partial charge >= 0.3 is 0 Å². The molecule has 5 heteroatoms. The number of H-pyrrole nitrogens is 1. The molecule has 0 aliphatic heterocycles. The molecule has 0 saturated heterocycles. The summed E-state index contributed by atoms with van der Waals surface area (Å²) in [7, 11) is 0. The van der Waals surface area contributed by atoms with Gasteiger partial charge in [-0.1, -0.05) is 18.6 Å². The fraction of sp³-hybridized carbons (Fsp3) is 0.267. The minimum absolute atomic E-state index is 0.274. The molecule has 0 fully saturated rings. The average molecular weight is 273 g/mol. The summed E-state index contributed by atoms with van der Waals surface area (Å²) in [4.78, 5) is 14.3. The van der Waals surface area contributed by atoms with Gasteiger partial charge in [0.25, 0.3) is 5.91 Å². The molecule has 5 N–H and O–H groups in total. The predicted octanol–water partition coefficient (Wildman–Crippen LogP) is 2.46. The molecule has 0 bridgehead atoms. The number of aromatic nitrogens is 1. The third-order valence-electron chi connectivity index (χ3n) is 3.00. The van der Waals surface area contributed by atoms with E-state index in [1.807, 2.05) is 32.0 Å². The van der Waals surface area contributed by atoms with Crippen LogP contribution in [0.4, 0.5) is 5.82 Å². The SMILES string of the molecule is CCCOc1ccc(C)cc1-c1cc(C(N)=O)c(N)[nH]1. The van der Waals surface area contributed by atoms with Crippen LogP contribution >= 0.6 is 0 Å². The highest BCUT2D eigenvalue weighted by Crippen LogP contribution is 2.32. The first-order valence-electron chi connectivity index (χ1n) is 6.55. The highest BCUT2D eigenvalue weighted by Gasteiger charge is 2.14. The smallest absolute Gasteiger partial charge is 0.252 e. The van der Waals surface area contributed by atoms with Gasteiger partial charge in [-0.05, 0) is 31.5 Å². The van der Waals surface area contributed by atoms with Gasteiger partial charge in [-0.2, -0.15) is 0 Å². The number of carbonyl (C=O) groups excluding carboxylic acids is 1. The van der Waals surface area contributed by atoms with Gasteiger partial charge in [0.15, 0.2) is 0 Å². The number of nitrogens with one attached hydrogen (secondary N) is 1. The van der Waals surface area contributed by atoms with Crippen molar-refractivity contribution in [3.05, 3.63) is 35.4 Å². The summed E-state index contributed by atoms with van der Waals surface area (Å²) in [5.74, 6) is 0.485. The van der Waals surface area contributed by atoms with Crippen molar-refractivity contribution in [3.8, 4) is 17.0 Å². The summed E-state index contributed by atoms with van der Waals surface area (Å²) in [5.41, 5.74) is 14.0. The highest BCUT2D eigenvalue weighted by atomic mass is 16.5. The van der Waals surface area contributed by atoms with Crippen molar-refractivity contribution in [2.45, 2.75) is 20.3 Å². The first-order chi connectivity index (χ1) is 9.52. The molecule has 0 saturated carbocycles. The average Bonchev–Trinajstić information content (AvgIpc) is 2.79. The molecule has 1 heterocycles. The van der Waals surface area contributed by atoms with Crippen molar-refractivity contribution in [3.63, 3.8) is 0 Å². The van der Waals surface area contributed by atoms with E-state index in [1.165, 1.54) is 0 Å². The van der Waals surface area contributed by atoms with Gasteiger partial charge in [-0.3, -0.25) is 4.79 Å². The third kappa shape index (κ3) is 2.77. The Morgan fingerprint density at radius 1 is 1.35 bits per heavy atom. The summed E-state index contributed by atoms with van der Waals surface area (Å²) < 4.78 is 5.73. The number of rotatable bonds is 5. The zero-order valence-electron chi connectivity index (χ0n) is 11.7. The molecule has 1 amide bonds. The third-order valence-corrected chi connectivity index (χ3v) is 3.00. The minimum atomic E-state index is -0.548. The van der Waals surface area contributed by atoms with Crippen LogP contribution in [0.25, 0.3) is 11.3 Å². The van der Waals surface area contributed by atoms with Gasteiger partial charge < -0.3 is 21.2 Å². The van der Waals surface area contributed by atoms with E-state index in [9.17, 15) is 4.79 Å². The Bertz CT molecular complexity index is 632. The number of hydrogen-bond donors (Lipinski definition) is 3. The van der Waals surface area contributed by atoms with Crippen molar-refractivity contribution in [2.75, 3.05) is 12.3 Å². The quantitative estimate of drug-likeness (QED) is 0.781. The Kier molecular flexibility index (Phi) is 3.98. The van der Waals surface area contributed by atoms with Gasteiger partial charge in [0, 0.05) is 5.56 Å². The van der Waals surface area contributed by atoms with Crippen LogP contribution in [0.1, 0.15) is 29.3 Å². The van der Waals surface area contributed by atoms with E-state index in [2.05, 4.69) is 4.98 Å². The summed E-state index contributed by atoms with van der Waals surface area (Å²) in [6, 6.07) is 7.55. The summed E-state index contributed by atoms with van der Waals surface area (Å²) in [6.45, 7) is 4.68. The largest absolute Gasteiger partial charge is 0.493 e. The first kappa shape index (κ1) is 14.0. The zero-order valence-corrected chi connectivity index (χ0v) is 11.7. The van der Waals surface area contributed by atoms with Crippen LogP contribution < -0.4 is 16.2 Å². The van der Waals surface area contributed by atoms with E-state index in [1.54, 1.807) is 6.07 Å². The highest BCUT2D eigenvalue weighted by molar-refractivity contribution is 5.99. The summed E-state index contributed by atoms with van der Waals surface area (Å²) in [6.07, 6.45) is 0.923. The minimum Gasteiger partial charge on any atom is -0.493 e. The second kappa shape index (κ2) is 5.69. The molecule has 0 radical (unpaired) electrons. The Labute approximate surface area is 117 Å². The van der Waals surface area contributed by atoms with Crippen molar-refractivity contribution >= 4 is 11.7 Å². The van der Waals surface area contributed by atoms with E-state index >= 15 is 0 Å². The first-order valence-corrected chi connectivity index (χ1v) is 6.55. The maximum atomic E-state index is 11.3. The Morgan fingerprint density at radius 2 is 2.10 bits per heavy atom. The van der Waals surface area contributed by atoms with Crippen LogP contribution in [-0.4, -0.2) is 17.5 Å². The number of benzene rings is 1. The van der Waals surface area contributed by atoms with Gasteiger partial charge in [0.2, 0.25) is 0 Å². The Morgan fingerprint density at radius 3 is 2.70 bits per heavy atom. The van der Waals surface area contributed by atoms with E-state index < -0.39 is 5.91 Å². The van der Waals surface area contributed by atoms with Gasteiger partial charge in [-0.25, -0.2) is 0 Å². The van der Waals surface area contributed by atoms with Crippen LogP contribution in [-0.2, 0) is 0 Å². The second-order valence-corrected chi connectivity index (χ2v) is 4.72.